The Morgan fingerprint density at radius 1 is 1.37 bits per heavy atom. The van der Waals surface area contributed by atoms with E-state index in [4.69, 9.17) is 16.3 Å². The van der Waals surface area contributed by atoms with Crippen LogP contribution in [0.4, 0.5) is 0 Å². The largest absolute Gasteiger partial charge is 0.496 e. The van der Waals surface area contributed by atoms with E-state index in [0.717, 1.165) is 0 Å². The van der Waals surface area contributed by atoms with Crippen molar-refractivity contribution in [3.05, 3.63) is 28.8 Å². The molecule has 2 amide bonds. The number of amides is 2. The van der Waals surface area contributed by atoms with Crippen molar-refractivity contribution in [1.29, 1.82) is 0 Å². The first-order chi connectivity index (χ1) is 8.99. The molecule has 1 rings (SSSR count). The second-order valence-electron chi connectivity index (χ2n) is 4.10. The highest BCUT2D eigenvalue weighted by atomic mass is 35.5. The van der Waals surface area contributed by atoms with Gasteiger partial charge in [-0.3, -0.25) is 20.4 Å². The maximum Gasteiger partial charge on any atom is 0.273 e. The molecule has 0 bridgehead atoms. The minimum absolute atomic E-state index is 0.160. The van der Waals surface area contributed by atoms with Crippen molar-refractivity contribution in [2.75, 3.05) is 7.11 Å². The Balaban J connectivity index is 2.71. The zero-order chi connectivity index (χ0) is 14.4. The van der Waals surface area contributed by atoms with E-state index in [1.54, 1.807) is 13.0 Å². The molecule has 0 radical (unpaired) electrons. The molecule has 1 aromatic rings. The summed E-state index contributed by atoms with van der Waals surface area (Å²) in [6.45, 7) is 3.68. The van der Waals surface area contributed by atoms with Crippen molar-refractivity contribution < 1.29 is 14.3 Å². The average Bonchev–Trinajstić information content (AvgIpc) is 2.43. The minimum atomic E-state index is -0.454. The maximum atomic E-state index is 11.9. The first-order valence-electron chi connectivity index (χ1n) is 5.93. The smallest absolute Gasteiger partial charge is 0.273 e. The van der Waals surface area contributed by atoms with Crippen LogP contribution < -0.4 is 15.6 Å². The zero-order valence-electron chi connectivity index (χ0n) is 11.1. The number of hydrogen-bond donors (Lipinski definition) is 2. The normalized spacial score (nSPS) is 11.6. The molecule has 0 aromatic heterocycles. The molecule has 104 valence electrons. The standard InChI is InChI=1S/C13H17ClN2O3/c1-4-8(2)12(17)15-16-13(18)10-6-5-9(14)7-11(10)19-3/h5-8H,4H2,1-3H3,(H,15,17)(H,16,18). The van der Waals surface area contributed by atoms with Gasteiger partial charge in [-0.2, -0.15) is 0 Å². The molecule has 0 saturated heterocycles. The Morgan fingerprint density at radius 2 is 2.05 bits per heavy atom. The third kappa shape index (κ3) is 4.13. The highest BCUT2D eigenvalue weighted by molar-refractivity contribution is 6.30. The van der Waals surface area contributed by atoms with Gasteiger partial charge in [0, 0.05) is 10.9 Å². The molecule has 5 nitrogen and oxygen atoms in total. The van der Waals surface area contributed by atoms with Crippen LogP contribution >= 0.6 is 11.6 Å². The molecule has 0 fully saturated rings. The van der Waals surface area contributed by atoms with E-state index in [0.29, 0.717) is 22.8 Å². The van der Waals surface area contributed by atoms with Crippen molar-refractivity contribution in [2.24, 2.45) is 5.92 Å². The van der Waals surface area contributed by atoms with Crippen molar-refractivity contribution in [1.82, 2.24) is 10.9 Å². The van der Waals surface area contributed by atoms with Crippen LogP contribution in [0.2, 0.25) is 5.02 Å². The van der Waals surface area contributed by atoms with Crippen LogP contribution in [-0.4, -0.2) is 18.9 Å². The lowest BCUT2D eigenvalue weighted by Gasteiger charge is -2.12. The number of carbonyl (C=O) groups excluding carboxylic acids is 2. The third-order valence-corrected chi connectivity index (χ3v) is 3.00. The van der Waals surface area contributed by atoms with E-state index < -0.39 is 5.91 Å². The van der Waals surface area contributed by atoms with Gasteiger partial charge in [0.2, 0.25) is 5.91 Å². The van der Waals surface area contributed by atoms with Crippen molar-refractivity contribution in [2.45, 2.75) is 20.3 Å². The quantitative estimate of drug-likeness (QED) is 0.833. The molecular weight excluding hydrogens is 268 g/mol. The molecule has 0 heterocycles. The Morgan fingerprint density at radius 3 is 2.63 bits per heavy atom. The number of carbonyl (C=O) groups is 2. The number of benzene rings is 1. The Labute approximate surface area is 117 Å². The summed E-state index contributed by atoms with van der Waals surface area (Å²) in [6, 6.07) is 4.65. The number of hydrogen-bond acceptors (Lipinski definition) is 3. The number of ether oxygens (including phenoxy) is 1. The topological polar surface area (TPSA) is 67.4 Å². The monoisotopic (exact) mass is 284 g/mol. The Bertz CT molecular complexity index is 477. The first kappa shape index (κ1) is 15.3. The summed E-state index contributed by atoms with van der Waals surface area (Å²) in [6.07, 6.45) is 0.700. The second-order valence-corrected chi connectivity index (χ2v) is 4.53. The van der Waals surface area contributed by atoms with Gasteiger partial charge in [0.15, 0.2) is 0 Å². The fraction of sp³-hybridized carbons (Fsp3) is 0.385. The molecule has 1 atom stereocenters. The van der Waals surface area contributed by atoms with Crippen LogP contribution in [0.3, 0.4) is 0 Å². The minimum Gasteiger partial charge on any atom is -0.496 e. The first-order valence-corrected chi connectivity index (χ1v) is 6.31. The van der Waals surface area contributed by atoms with E-state index in [9.17, 15) is 9.59 Å². The molecule has 0 saturated carbocycles. The molecule has 1 unspecified atom stereocenters. The molecule has 0 aliphatic heterocycles. The lowest BCUT2D eigenvalue weighted by Crippen LogP contribution is -2.44. The van der Waals surface area contributed by atoms with Crippen LogP contribution in [0.15, 0.2) is 18.2 Å². The van der Waals surface area contributed by atoms with Crippen molar-refractivity contribution in [3.8, 4) is 5.75 Å². The summed E-state index contributed by atoms with van der Waals surface area (Å²) in [5.41, 5.74) is 5.02. The number of rotatable bonds is 4. The zero-order valence-corrected chi connectivity index (χ0v) is 11.9. The lowest BCUT2D eigenvalue weighted by molar-refractivity contribution is -0.125. The summed E-state index contributed by atoms with van der Waals surface area (Å²) in [5, 5.41) is 0.469. The average molecular weight is 285 g/mol. The number of halogens is 1. The maximum absolute atomic E-state index is 11.9. The molecular formula is C13H17ClN2O3. The van der Waals surface area contributed by atoms with Gasteiger partial charge in [0.25, 0.3) is 5.91 Å². The van der Waals surface area contributed by atoms with Gasteiger partial charge in [0.1, 0.15) is 5.75 Å². The summed E-state index contributed by atoms with van der Waals surface area (Å²) < 4.78 is 5.06. The van der Waals surface area contributed by atoms with Gasteiger partial charge in [-0.05, 0) is 24.6 Å². The van der Waals surface area contributed by atoms with E-state index in [-0.39, 0.29) is 11.8 Å². The van der Waals surface area contributed by atoms with Crippen LogP contribution in [0.1, 0.15) is 30.6 Å². The van der Waals surface area contributed by atoms with Gasteiger partial charge in [-0.25, -0.2) is 0 Å². The van der Waals surface area contributed by atoms with Gasteiger partial charge >= 0.3 is 0 Å². The Kier molecular flexibility index (Phi) is 5.63. The number of methoxy groups -OCH3 is 1. The van der Waals surface area contributed by atoms with E-state index in [2.05, 4.69) is 10.9 Å². The van der Waals surface area contributed by atoms with Crippen molar-refractivity contribution >= 4 is 23.4 Å². The molecule has 1 aromatic carbocycles. The summed E-state index contributed by atoms with van der Waals surface area (Å²) >= 11 is 5.81. The second kappa shape index (κ2) is 6.99. The fourth-order valence-corrected chi connectivity index (χ4v) is 1.51. The van der Waals surface area contributed by atoms with Crippen LogP contribution in [-0.2, 0) is 4.79 Å². The molecule has 19 heavy (non-hydrogen) atoms. The third-order valence-electron chi connectivity index (χ3n) is 2.77. The van der Waals surface area contributed by atoms with Gasteiger partial charge in [-0.1, -0.05) is 25.4 Å². The predicted octanol–water partition coefficient (Wildman–Crippen LogP) is 2.16. The van der Waals surface area contributed by atoms with Gasteiger partial charge in [-0.15, -0.1) is 0 Å². The SMILES string of the molecule is CCC(C)C(=O)NNC(=O)c1ccc(Cl)cc1OC. The number of nitrogens with one attached hydrogen (secondary N) is 2. The van der Waals surface area contributed by atoms with Gasteiger partial charge in [0.05, 0.1) is 12.7 Å². The summed E-state index contributed by atoms with van der Waals surface area (Å²) in [4.78, 5) is 23.4. The molecule has 0 spiro atoms. The molecule has 0 aliphatic rings. The Hall–Kier alpha value is -1.75. The predicted molar refractivity (Wildman–Crippen MR) is 73.1 cm³/mol. The lowest BCUT2D eigenvalue weighted by atomic mass is 10.1. The summed E-state index contributed by atoms with van der Waals surface area (Å²) in [5.74, 6) is -0.496. The highest BCUT2D eigenvalue weighted by Gasteiger charge is 2.15. The molecule has 2 N–H and O–H groups in total. The van der Waals surface area contributed by atoms with Crippen molar-refractivity contribution in [3.63, 3.8) is 0 Å². The van der Waals surface area contributed by atoms with E-state index in [1.807, 2.05) is 6.92 Å². The molecule has 6 heteroatoms. The number of hydrazine groups is 1. The highest BCUT2D eigenvalue weighted by Crippen LogP contribution is 2.22. The van der Waals surface area contributed by atoms with E-state index in [1.165, 1.54) is 19.2 Å². The molecule has 0 aliphatic carbocycles. The van der Waals surface area contributed by atoms with Crippen LogP contribution in [0.25, 0.3) is 0 Å². The van der Waals surface area contributed by atoms with Crippen LogP contribution in [0, 0.1) is 5.92 Å². The van der Waals surface area contributed by atoms with Gasteiger partial charge < -0.3 is 4.74 Å². The van der Waals surface area contributed by atoms with E-state index >= 15 is 0 Å². The van der Waals surface area contributed by atoms with Crippen LogP contribution in [0.5, 0.6) is 5.75 Å². The summed E-state index contributed by atoms with van der Waals surface area (Å²) in [7, 11) is 1.44. The fourth-order valence-electron chi connectivity index (χ4n) is 1.35.